The van der Waals surface area contributed by atoms with Crippen molar-refractivity contribution >= 4 is 5.78 Å². The molecule has 4 aliphatic rings. The highest BCUT2D eigenvalue weighted by Crippen LogP contribution is 2.69. The van der Waals surface area contributed by atoms with Crippen molar-refractivity contribution in [2.45, 2.75) is 53.4 Å². The highest BCUT2D eigenvalue weighted by atomic mass is 16.1. The van der Waals surface area contributed by atoms with Gasteiger partial charge in [0.2, 0.25) is 0 Å². The molecule has 0 amide bonds. The van der Waals surface area contributed by atoms with Crippen molar-refractivity contribution in [1.29, 1.82) is 0 Å². The van der Waals surface area contributed by atoms with Gasteiger partial charge in [0.15, 0.2) is 0 Å². The van der Waals surface area contributed by atoms with E-state index in [4.69, 9.17) is 0 Å². The SMILES string of the molecule is CC(C)[C@H]1C[C@]2(C)C[C@@]3(C)C[C@@H]1[C@@H]2CC3=O. The Morgan fingerprint density at radius 1 is 1.25 bits per heavy atom. The lowest BCUT2D eigenvalue weighted by Crippen LogP contribution is -2.51. The van der Waals surface area contributed by atoms with E-state index in [1.54, 1.807) is 0 Å². The molecular formula is C15H24O. The third-order valence-corrected chi connectivity index (χ3v) is 6.08. The topological polar surface area (TPSA) is 17.1 Å². The maximum absolute atomic E-state index is 12.1. The van der Waals surface area contributed by atoms with Crippen LogP contribution in [-0.4, -0.2) is 5.78 Å². The van der Waals surface area contributed by atoms with Gasteiger partial charge in [0.1, 0.15) is 5.78 Å². The molecule has 0 spiro atoms. The molecule has 0 radical (unpaired) electrons. The lowest BCUT2D eigenvalue weighted by Gasteiger charge is -2.53. The Kier molecular flexibility index (Phi) is 1.97. The summed E-state index contributed by atoms with van der Waals surface area (Å²) in [5.74, 6) is 3.81. The fourth-order valence-corrected chi connectivity index (χ4v) is 5.42. The molecule has 0 saturated heterocycles. The lowest BCUT2D eigenvalue weighted by atomic mass is 9.50. The van der Waals surface area contributed by atoms with Crippen LogP contribution in [0.1, 0.15) is 53.4 Å². The van der Waals surface area contributed by atoms with Crippen LogP contribution in [0.3, 0.4) is 0 Å². The first kappa shape index (κ1) is 10.8. The van der Waals surface area contributed by atoms with Gasteiger partial charge in [-0.05, 0) is 48.3 Å². The molecule has 4 saturated carbocycles. The van der Waals surface area contributed by atoms with Crippen molar-refractivity contribution in [2.75, 3.05) is 0 Å². The molecule has 5 atom stereocenters. The van der Waals surface area contributed by atoms with Crippen LogP contribution in [0.15, 0.2) is 0 Å². The third-order valence-electron chi connectivity index (χ3n) is 6.08. The molecular weight excluding hydrogens is 196 g/mol. The third kappa shape index (κ3) is 1.15. The Morgan fingerprint density at radius 3 is 2.50 bits per heavy atom. The van der Waals surface area contributed by atoms with Crippen LogP contribution in [0.25, 0.3) is 0 Å². The quantitative estimate of drug-likeness (QED) is 0.659. The maximum Gasteiger partial charge on any atom is 0.139 e. The second-order valence-electron chi connectivity index (χ2n) is 7.61. The monoisotopic (exact) mass is 220 g/mol. The Bertz CT molecular complexity index is 345. The molecule has 4 rings (SSSR count). The van der Waals surface area contributed by atoms with Gasteiger partial charge in [-0.1, -0.05) is 27.7 Å². The summed E-state index contributed by atoms with van der Waals surface area (Å²) in [7, 11) is 0. The summed E-state index contributed by atoms with van der Waals surface area (Å²) in [4.78, 5) is 12.1. The van der Waals surface area contributed by atoms with E-state index in [0.29, 0.717) is 17.1 Å². The molecule has 0 aliphatic heterocycles. The maximum atomic E-state index is 12.1. The van der Waals surface area contributed by atoms with E-state index in [1.807, 2.05) is 0 Å². The normalized spacial score (nSPS) is 55.1. The minimum atomic E-state index is 0.0395. The molecule has 0 unspecified atom stereocenters. The van der Waals surface area contributed by atoms with Crippen LogP contribution in [0.2, 0.25) is 0 Å². The molecule has 0 aromatic heterocycles. The second kappa shape index (κ2) is 2.91. The molecule has 1 heteroatoms. The molecule has 90 valence electrons. The van der Waals surface area contributed by atoms with Gasteiger partial charge in [0.25, 0.3) is 0 Å². The zero-order chi connectivity index (χ0) is 11.7. The van der Waals surface area contributed by atoms with E-state index >= 15 is 0 Å². The molecule has 0 aromatic carbocycles. The van der Waals surface area contributed by atoms with Crippen molar-refractivity contribution in [3.8, 4) is 0 Å². The minimum Gasteiger partial charge on any atom is -0.299 e. The van der Waals surface area contributed by atoms with Gasteiger partial charge in [0, 0.05) is 11.8 Å². The van der Waals surface area contributed by atoms with Gasteiger partial charge < -0.3 is 0 Å². The second-order valence-corrected chi connectivity index (χ2v) is 7.61. The summed E-state index contributed by atoms with van der Waals surface area (Å²) >= 11 is 0. The standard InChI is InChI=1S/C15H24O/c1-9(2)10-6-14(3)8-15(4)7-11(10)12(14)5-13(15)16/h9-12H,5-8H2,1-4H3/t10-,11+,12+,14-,15-/m1/s1. The number of rotatable bonds is 1. The summed E-state index contributed by atoms with van der Waals surface area (Å²) in [6, 6.07) is 0. The number of carbonyl (C=O) groups is 1. The van der Waals surface area contributed by atoms with Gasteiger partial charge in [0.05, 0.1) is 0 Å². The molecule has 4 fully saturated rings. The van der Waals surface area contributed by atoms with Gasteiger partial charge in [-0.15, -0.1) is 0 Å². The van der Waals surface area contributed by atoms with Crippen LogP contribution in [0.4, 0.5) is 0 Å². The molecule has 16 heavy (non-hydrogen) atoms. The van der Waals surface area contributed by atoms with E-state index in [0.717, 1.165) is 24.2 Å². The predicted molar refractivity (Wildman–Crippen MR) is 65.0 cm³/mol. The van der Waals surface area contributed by atoms with E-state index in [9.17, 15) is 4.79 Å². The first-order chi connectivity index (χ1) is 7.36. The van der Waals surface area contributed by atoms with Crippen molar-refractivity contribution in [3.05, 3.63) is 0 Å². The number of fused-ring (bicyclic) bond motifs is 1. The van der Waals surface area contributed by atoms with Crippen molar-refractivity contribution in [1.82, 2.24) is 0 Å². The number of Topliss-reactive ketones (excluding diaryl/α,β-unsaturated/α-hetero) is 1. The van der Waals surface area contributed by atoms with E-state index < -0.39 is 0 Å². The molecule has 1 nitrogen and oxygen atoms in total. The van der Waals surface area contributed by atoms with Crippen LogP contribution in [0.5, 0.6) is 0 Å². The highest BCUT2D eigenvalue weighted by Gasteiger charge is 2.64. The average molecular weight is 220 g/mol. The molecule has 0 heterocycles. The highest BCUT2D eigenvalue weighted by molar-refractivity contribution is 5.87. The van der Waals surface area contributed by atoms with Crippen LogP contribution >= 0.6 is 0 Å². The number of hydrogen-bond donors (Lipinski definition) is 0. The van der Waals surface area contributed by atoms with Crippen LogP contribution in [-0.2, 0) is 4.79 Å². The zero-order valence-electron chi connectivity index (χ0n) is 11.0. The molecule has 4 aliphatic carbocycles. The predicted octanol–water partition coefficient (Wildman–Crippen LogP) is 3.67. The first-order valence-electron chi connectivity index (χ1n) is 6.89. The van der Waals surface area contributed by atoms with Crippen molar-refractivity contribution < 1.29 is 4.79 Å². The van der Waals surface area contributed by atoms with Gasteiger partial charge in [-0.25, -0.2) is 0 Å². The van der Waals surface area contributed by atoms with Crippen LogP contribution in [0, 0.1) is 34.5 Å². The molecule has 0 aromatic rings. The van der Waals surface area contributed by atoms with E-state index in [-0.39, 0.29) is 5.41 Å². The van der Waals surface area contributed by atoms with Gasteiger partial charge in [-0.2, -0.15) is 0 Å². The first-order valence-corrected chi connectivity index (χ1v) is 6.89. The Morgan fingerprint density at radius 2 is 1.94 bits per heavy atom. The number of ketones is 1. The van der Waals surface area contributed by atoms with E-state index in [2.05, 4.69) is 27.7 Å². The summed E-state index contributed by atoms with van der Waals surface area (Å²) in [5.41, 5.74) is 0.526. The fourth-order valence-electron chi connectivity index (χ4n) is 5.42. The molecule has 4 bridgehead atoms. The largest absolute Gasteiger partial charge is 0.299 e. The summed E-state index contributed by atoms with van der Waals surface area (Å²) in [5, 5.41) is 0. The fraction of sp³-hybridized carbons (Fsp3) is 0.933. The Labute approximate surface area is 99.0 Å². The van der Waals surface area contributed by atoms with Gasteiger partial charge in [-0.3, -0.25) is 4.79 Å². The smallest absolute Gasteiger partial charge is 0.139 e. The Hall–Kier alpha value is -0.330. The van der Waals surface area contributed by atoms with Crippen molar-refractivity contribution in [3.63, 3.8) is 0 Å². The summed E-state index contributed by atoms with van der Waals surface area (Å²) < 4.78 is 0. The Balaban J connectivity index is 2.00. The minimum absolute atomic E-state index is 0.0395. The van der Waals surface area contributed by atoms with E-state index in [1.165, 1.54) is 19.3 Å². The lowest BCUT2D eigenvalue weighted by molar-refractivity contribution is -0.147. The summed E-state index contributed by atoms with van der Waals surface area (Å²) in [6.45, 7) is 9.43. The zero-order valence-corrected chi connectivity index (χ0v) is 11.0. The average Bonchev–Trinajstić information content (AvgIpc) is 2.37. The number of hydrogen-bond acceptors (Lipinski definition) is 1. The number of carbonyl (C=O) groups excluding carboxylic acids is 1. The van der Waals surface area contributed by atoms with Crippen molar-refractivity contribution in [2.24, 2.45) is 34.5 Å². The van der Waals surface area contributed by atoms with Crippen LogP contribution < -0.4 is 0 Å². The molecule has 0 N–H and O–H groups in total. The van der Waals surface area contributed by atoms with Gasteiger partial charge >= 0.3 is 0 Å². The summed E-state index contributed by atoms with van der Waals surface area (Å²) in [6.07, 6.45) is 4.63.